The van der Waals surface area contributed by atoms with Gasteiger partial charge in [-0.2, -0.15) is 0 Å². The third kappa shape index (κ3) is 2.22. The van der Waals surface area contributed by atoms with E-state index in [1.165, 1.54) is 38.6 Å². The molecule has 4 atom stereocenters. The maximum absolute atomic E-state index is 3.77. The second-order valence-electron chi connectivity index (χ2n) is 6.17. The van der Waals surface area contributed by atoms with Crippen LogP contribution in [0.5, 0.6) is 0 Å². The molecule has 1 heterocycles. The van der Waals surface area contributed by atoms with E-state index in [0.717, 1.165) is 23.8 Å². The van der Waals surface area contributed by atoms with Crippen LogP contribution >= 0.6 is 0 Å². The van der Waals surface area contributed by atoms with Crippen LogP contribution in [0.1, 0.15) is 57.8 Å². The Bertz CT molecular complexity index is 205. The molecule has 2 saturated carbocycles. The summed E-state index contributed by atoms with van der Waals surface area (Å²) in [5.41, 5.74) is 0. The van der Waals surface area contributed by atoms with Gasteiger partial charge in [-0.1, -0.05) is 19.3 Å². The monoisotopic (exact) mass is 207 g/mol. The molecule has 0 radical (unpaired) electrons. The minimum atomic E-state index is 0.872. The SMILES string of the molecule is C1CCNC(CC2CC3CCC2C3)CC1. The Labute approximate surface area is 94.0 Å². The summed E-state index contributed by atoms with van der Waals surface area (Å²) in [5, 5.41) is 3.77. The Morgan fingerprint density at radius 1 is 0.933 bits per heavy atom. The van der Waals surface area contributed by atoms with Crippen LogP contribution < -0.4 is 5.32 Å². The van der Waals surface area contributed by atoms with Gasteiger partial charge in [-0.25, -0.2) is 0 Å². The van der Waals surface area contributed by atoms with E-state index in [1.54, 1.807) is 25.7 Å². The summed E-state index contributed by atoms with van der Waals surface area (Å²) in [7, 11) is 0. The fourth-order valence-electron chi connectivity index (χ4n) is 4.33. The first-order valence-corrected chi connectivity index (χ1v) is 7.15. The highest BCUT2D eigenvalue weighted by Crippen LogP contribution is 2.50. The van der Waals surface area contributed by atoms with E-state index in [4.69, 9.17) is 0 Å². The summed E-state index contributed by atoms with van der Waals surface area (Å²) < 4.78 is 0. The van der Waals surface area contributed by atoms with Crippen LogP contribution in [0.15, 0.2) is 0 Å². The van der Waals surface area contributed by atoms with E-state index in [9.17, 15) is 0 Å². The van der Waals surface area contributed by atoms with Gasteiger partial charge in [-0.3, -0.25) is 0 Å². The smallest absolute Gasteiger partial charge is 0.00698 e. The third-order valence-corrected chi connectivity index (χ3v) is 5.13. The van der Waals surface area contributed by atoms with Gasteiger partial charge in [-0.15, -0.1) is 0 Å². The fraction of sp³-hybridized carbons (Fsp3) is 1.00. The van der Waals surface area contributed by atoms with Crippen LogP contribution in [-0.4, -0.2) is 12.6 Å². The fourth-order valence-corrected chi connectivity index (χ4v) is 4.33. The molecule has 0 aromatic carbocycles. The van der Waals surface area contributed by atoms with Crippen molar-refractivity contribution < 1.29 is 0 Å². The number of hydrogen-bond donors (Lipinski definition) is 1. The van der Waals surface area contributed by atoms with Crippen molar-refractivity contribution >= 4 is 0 Å². The third-order valence-electron chi connectivity index (χ3n) is 5.13. The average molecular weight is 207 g/mol. The van der Waals surface area contributed by atoms with Gasteiger partial charge in [0.2, 0.25) is 0 Å². The second kappa shape index (κ2) is 4.45. The van der Waals surface area contributed by atoms with Crippen LogP contribution in [0.25, 0.3) is 0 Å². The molecule has 2 bridgehead atoms. The van der Waals surface area contributed by atoms with Crippen molar-refractivity contribution in [3.05, 3.63) is 0 Å². The Morgan fingerprint density at radius 2 is 1.93 bits per heavy atom. The Morgan fingerprint density at radius 3 is 2.73 bits per heavy atom. The van der Waals surface area contributed by atoms with E-state index in [0.29, 0.717) is 0 Å². The molecule has 1 nitrogen and oxygen atoms in total. The van der Waals surface area contributed by atoms with Gasteiger partial charge < -0.3 is 5.32 Å². The quantitative estimate of drug-likeness (QED) is 0.732. The molecule has 0 amide bonds. The first-order chi connectivity index (χ1) is 7.42. The highest BCUT2D eigenvalue weighted by molar-refractivity contribution is 4.91. The molecule has 86 valence electrons. The van der Waals surface area contributed by atoms with E-state index >= 15 is 0 Å². The van der Waals surface area contributed by atoms with E-state index in [2.05, 4.69) is 5.32 Å². The van der Waals surface area contributed by atoms with Crippen molar-refractivity contribution in [1.29, 1.82) is 0 Å². The second-order valence-corrected chi connectivity index (χ2v) is 6.17. The van der Waals surface area contributed by atoms with Crippen LogP contribution in [0.2, 0.25) is 0 Å². The molecule has 0 aromatic heterocycles. The Hall–Kier alpha value is -0.0400. The van der Waals surface area contributed by atoms with Crippen molar-refractivity contribution in [1.82, 2.24) is 5.32 Å². The van der Waals surface area contributed by atoms with Gasteiger partial charge in [0.05, 0.1) is 0 Å². The van der Waals surface area contributed by atoms with Crippen LogP contribution in [0.3, 0.4) is 0 Å². The molecule has 2 aliphatic carbocycles. The number of rotatable bonds is 2. The molecule has 0 spiro atoms. The minimum Gasteiger partial charge on any atom is -0.314 e. The summed E-state index contributed by atoms with van der Waals surface area (Å²) in [4.78, 5) is 0. The molecule has 3 aliphatic rings. The molecule has 1 aliphatic heterocycles. The molecule has 1 saturated heterocycles. The standard InChI is InChI=1S/C14H25N/c1-2-4-14(15-7-3-1)10-13-9-11-5-6-12(13)8-11/h11-15H,1-10H2. The lowest BCUT2D eigenvalue weighted by Crippen LogP contribution is -2.31. The summed E-state index contributed by atoms with van der Waals surface area (Å²) >= 11 is 0. The van der Waals surface area contributed by atoms with E-state index in [-0.39, 0.29) is 0 Å². The lowest BCUT2D eigenvalue weighted by atomic mass is 9.83. The maximum Gasteiger partial charge on any atom is 0.00698 e. The van der Waals surface area contributed by atoms with Gasteiger partial charge in [0.1, 0.15) is 0 Å². The largest absolute Gasteiger partial charge is 0.314 e. The predicted molar refractivity (Wildman–Crippen MR) is 63.8 cm³/mol. The minimum absolute atomic E-state index is 0.872. The normalized spacial score (nSPS) is 45.6. The van der Waals surface area contributed by atoms with Crippen molar-refractivity contribution in [3.63, 3.8) is 0 Å². The number of fused-ring (bicyclic) bond motifs is 2. The van der Waals surface area contributed by atoms with Gasteiger partial charge in [0.15, 0.2) is 0 Å². The average Bonchev–Trinajstić information content (AvgIpc) is 2.75. The molecule has 3 fully saturated rings. The lowest BCUT2D eigenvalue weighted by Gasteiger charge is -2.26. The molecule has 1 heteroatoms. The molecule has 4 unspecified atom stereocenters. The molecular formula is C14H25N. The van der Waals surface area contributed by atoms with Crippen LogP contribution in [0.4, 0.5) is 0 Å². The van der Waals surface area contributed by atoms with E-state index < -0.39 is 0 Å². The van der Waals surface area contributed by atoms with Gasteiger partial charge in [0.25, 0.3) is 0 Å². The molecule has 0 aromatic rings. The van der Waals surface area contributed by atoms with Crippen LogP contribution in [0, 0.1) is 17.8 Å². The zero-order valence-corrected chi connectivity index (χ0v) is 9.88. The van der Waals surface area contributed by atoms with Crippen molar-refractivity contribution in [2.75, 3.05) is 6.54 Å². The summed E-state index contributed by atoms with van der Waals surface area (Å²) in [6.07, 6.45) is 13.6. The molecule has 3 rings (SSSR count). The highest BCUT2D eigenvalue weighted by Gasteiger charge is 2.39. The van der Waals surface area contributed by atoms with Crippen LogP contribution in [-0.2, 0) is 0 Å². The van der Waals surface area contributed by atoms with Crippen molar-refractivity contribution in [3.8, 4) is 0 Å². The molecule has 1 N–H and O–H groups in total. The zero-order chi connectivity index (χ0) is 10.1. The summed E-state index contributed by atoms with van der Waals surface area (Å²) in [6, 6.07) is 0.872. The zero-order valence-electron chi connectivity index (χ0n) is 9.88. The Balaban J connectivity index is 1.51. The number of nitrogens with one attached hydrogen (secondary N) is 1. The van der Waals surface area contributed by atoms with Gasteiger partial charge >= 0.3 is 0 Å². The van der Waals surface area contributed by atoms with Crippen molar-refractivity contribution in [2.24, 2.45) is 17.8 Å². The van der Waals surface area contributed by atoms with Crippen molar-refractivity contribution in [2.45, 2.75) is 63.8 Å². The predicted octanol–water partition coefficient (Wildman–Crippen LogP) is 3.34. The number of hydrogen-bond acceptors (Lipinski definition) is 1. The Kier molecular flexibility index (Phi) is 3.01. The van der Waals surface area contributed by atoms with E-state index in [1.807, 2.05) is 0 Å². The topological polar surface area (TPSA) is 12.0 Å². The summed E-state index contributed by atoms with van der Waals surface area (Å²) in [5.74, 6) is 3.35. The maximum atomic E-state index is 3.77. The first-order valence-electron chi connectivity index (χ1n) is 7.15. The van der Waals surface area contributed by atoms with Gasteiger partial charge in [0, 0.05) is 6.04 Å². The summed E-state index contributed by atoms with van der Waals surface area (Å²) in [6.45, 7) is 1.28. The molecule has 15 heavy (non-hydrogen) atoms. The lowest BCUT2D eigenvalue weighted by molar-refractivity contribution is 0.275. The highest BCUT2D eigenvalue weighted by atomic mass is 14.9. The van der Waals surface area contributed by atoms with Gasteiger partial charge in [-0.05, 0) is 62.8 Å². The molecular weight excluding hydrogens is 182 g/mol. The first kappa shape index (κ1) is 10.1.